The second-order valence-corrected chi connectivity index (χ2v) is 6.82. The molecule has 2 aromatic rings. The van der Waals surface area contributed by atoms with Crippen molar-refractivity contribution >= 4 is 11.6 Å². The molecule has 0 radical (unpaired) electrons. The second kappa shape index (κ2) is 7.52. The van der Waals surface area contributed by atoms with E-state index < -0.39 is 0 Å². The van der Waals surface area contributed by atoms with Crippen molar-refractivity contribution in [3.05, 3.63) is 54.6 Å². The van der Waals surface area contributed by atoms with Gasteiger partial charge in [0.05, 0.1) is 0 Å². The van der Waals surface area contributed by atoms with Gasteiger partial charge in [-0.3, -0.25) is 4.79 Å². The second-order valence-electron chi connectivity index (χ2n) is 6.82. The average molecular weight is 322 g/mol. The summed E-state index contributed by atoms with van der Waals surface area (Å²) in [5.41, 5.74) is 3.38. The third kappa shape index (κ3) is 3.97. The molecule has 3 heteroatoms. The lowest BCUT2D eigenvalue weighted by molar-refractivity contribution is -0.132. The molecule has 0 saturated carbocycles. The van der Waals surface area contributed by atoms with E-state index in [2.05, 4.69) is 36.5 Å². The van der Waals surface area contributed by atoms with Gasteiger partial charge in [-0.05, 0) is 48.9 Å². The van der Waals surface area contributed by atoms with E-state index in [1.165, 1.54) is 11.1 Å². The first kappa shape index (κ1) is 16.6. The number of anilines is 1. The molecule has 1 saturated heterocycles. The molecule has 24 heavy (non-hydrogen) atoms. The Kier molecular flexibility index (Phi) is 5.19. The number of likely N-dealkylation sites (tertiary alicyclic amines) is 1. The number of hydrogen-bond acceptors (Lipinski definition) is 2. The van der Waals surface area contributed by atoms with Gasteiger partial charge < -0.3 is 10.2 Å². The summed E-state index contributed by atoms with van der Waals surface area (Å²) in [4.78, 5) is 14.6. The van der Waals surface area contributed by atoms with Crippen molar-refractivity contribution in [3.8, 4) is 11.1 Å². The van der Waals surface area contributed by atoms with Crippen LogP contribution in [0.2, 0.25) is 0 Å². The number of benzene rings is 2. The first-order valence-electron chi connectivity index (χ1n) is 8.84. The van der Waals surface area contributed by atoms with Gasteiger partial charge in [-0.15, -0.1) is 0 Å². The van der Waals surface area contributed by atoms with Crippen LogP contribution in [0.1, 0.15) is 26.7 Å². The largest absolute Gasteiger partial charge is 0.374 e. The summed E-state index contributed by atoms with van der Waals surface area (Å²) < 4.78 is 0. The summed E-state index contributed by atoms with van der Waals surface area (Å²) in [7, 11) is 0. The van der Waals surface area contributed by atoms with Gasteiger partial charge in [0.2, 0.25) is 5.91 Å². The van der Waals surface area contributed by atoms with E-state index in [9.17, 15) is 4.79 Å². The molecular formula is C21H26N2O. The van der Waals surface area contributed by atoms with E-state index in [1.807, 2.05) is 42.2 Å². The van der Waals surface area contributed by atoms with Crippen LogP contribution in [0.15, 0.2) is 54.6 Å². The highest BCUT2D eigenvalue weighted by atomic mass is 16.2. The standard InChI is InChI=1S/C21H26N2O/c1-16-12-14-23(15-13-16)21(24)17(2)22-20-10-8-19(9-11-20)18-6-4-3-5-7-18/h3-11,16-17,22H,12-15H2,1-2H3. The van der Waals surface area contributed by atoms with Gasteiger partial charge in [0, 0.05) is 18.8 Å². The Balaban J connectivity index is 1.60. The van der Waals surface area contributed by atoms with Crippen LogP contribution in [0, 0.1) is 5.92 Å². The highest BCUT2D eigenvalue weighted by molar-refractivity contribution is 5.84. The monoisotopic (exact) mass is 322 g/mol. The quantitative estimate of drug-likeness (QED) is 0.904. The summed E-state index contributed by atoms with van der Waals surface area (Å²) in [6.07, 6.45) is 2.23. The molecule has 1 aliphatic rings. The third-order valence-electron chi connectivity index (χ3n) is 4.84. The van der Waals surface area contributed by atoms with Crippen LogP contribution in [0.5, 0.6) is 0 Å². The first-order valence-corrected chi connectivity index (χ1v) is 8.84. The molecule has 1 aliphatic heterocycles. The van der Waals surface area contributed by atoms with Crippen LogP contribution >= 0.6 is 0 Å². The molecule has 0 bridgehead atoms. The van der Waals surface area contributed by atoms with Crippen LogP contribution < -0.4 is 5.32 Å². The number of hydrogen-bond donors (Lipinski definition) is 1. The maximum atomic E-state index is 12.6. The third-order valence-corrected chi connectivity index (χ3v) is 4.84. The Hall–Kier alpha value is -2.29. The average Bonchev–Trinajstić information content (AvgIpc) is 2.63. The van der Waals surface area contributed by atoms with Crippen molar-refractivity contribution in [1.82, 2.24) is 4.90 Å². The fourth-order valence-electron chi connectivity index (χ4n) is 3.20. The maximum absolute atomic E-state index is 12.6. The molecule has 1 fully saturated rings. The van der Waals surface area contributed by atoms with Crippen LogP contribution in [-0.2, 0) is 4.79 Å². The van der Waals surface area contributed by atoms with Gasteiger partial charge in [-0.2, -0.15) is 0 Å². The van der Waals surface area contributed by atoms with E-state index in [-0.39, 0.29) is 11.9 Å². The van der Waals surface area contributed by atoms with Crippen LogP contribution in [0.4, 0.5) is 5.69 Å². The highest BCUT2D eigenvalue weighted by Gasteiger charge is 2.24. The number of piperidine rings is 1. The fraction of sp³-hybridized carbons (Fsp3) is 0.381. The summed E-state index contributed by atoms with van der Waals surface area (Å²) in [6, 6.07) is 18.4. The fourth-order valence-corrected chi connectivity index (χ4v) is 3.20. The number of carbonyl (C=O) groups is 1. The number of rotatable bonds is 4. The Morgan fingerprint density at radius 1 is 1.00 bits per heavy atom. The van der Waals surface area contributed by atoms with Crippen molar-refractivity contribution in [2.75, 3.05) is 18.4 Å². The zero-order valence-electron chi connectivity index (χ0n) is 14.5. The number of nitrogens with one attached hydrogen (secondary N) is 1. The maximum Gasteiger partial charge on any atom is 0.244 e. The molecule has 0 aromatic heterocycles. The Morgan fingerprint density at radius 3 is 2.21 bits per heavy atom. The van der Waals surface area contributed by atoms with E-state index in [0.717, 1.165) is 37.5 Å². The van der Waals surface area contributed by atoms with Crippen molar-refractivity contribution in [2.24, 2.45) is 5.92 Å². The minimum absolute atomic E-state index is 0.194. The molecule has 1 amide bonds. The molecule has 1 unspecified atom stereocenters. The minimum Gasteiger partial charge on any atom is -0.374 e. The first-order chi connectivity index (χ1) is 11.6. The predicted octanol–water partition coefficient (Wildman–Crippen LogP) is 4.41. The van der Waals surface area contributed by atoms with Crippen molar-refractivity contribution < 1.29 is 4.79 Å². The normalized spacial score (nSPS) is 16.7. The Morgan fingerprint density at radius 2 is 1.58 bits per heavy atom. The topological polar surface area (TPSA) is 32.3 Å². The van der Waals surface area contributed by atoms with Crippen molar-refractivity contribution in [1.29, 1.82) is 0 Å². The smallest absolute Gasteiger partial charge is 0.244 e. The van der Waals surface area contributed by atoms with E-state index in [4.69, 9.17) is 0 Å². The zero-order chi connectivity index (χ0) is 16.9. The minimum atomic E-state index is -0.194. The molecule has 1 heterocycles. The summed E-state index contributed by atoms with van der Waals surface area (Å²) in [5.74, 6) is 0.942. The number of amides is 1. The molecule has 0 spiro atoms. The molecule has 1 N–H and O–H groups in total. The number of nitrogens with zero attached hydrogens (tertiary/aromatic N) is 1. The summed E-state index contributed by atoms with van der Waals surface area (Å²) >= 11 is 0. The molecular weight excluding hydrogens is 296 g/mol. The lowest BCUT2D eigenvalue weighted by Gasteiger charge is -2.32. The van der Waals surface area contributed by atoms with Gasteiger partial charge in [-0.25, -0.2) is 0 Å². The summed E-state index contributed by atoms with van der Waals surface area (Å²) in [5, 5.41) is 3.34. The van der Waals surface area contributed by atoms with Crippen LogP contribution in [0.3, 0.4) is 0 Å². The van der Waals surface area contributed by atoms with Gasteiger partial charge in [0.1, 0.15) is 6.04 Å². The van der Waals surface area contributed by atoms with Gasteiger partial charge in [0.15, 0.2) is 0 Å². The molecule has 126 valence electrons. The van der Waals surface area contributed by atoms with Gasteiger partial charge in [0.25, 0.3) is 0 Å². The van der Waals surface area contributed by atoms with Gasteiger partial charge in [-0.1, -0.05) is 49.4 Å². The van der Waals surface area contributed by atoms with Crippen LogP contribution in [0.25, 0.3) is 11.1 Å². The zero-order valence-corrected chi connectivity index (χ0v) is 14.5. The lowest BCUT2D eigenvalue weighted by atomic mass is 9.99. The van der Waals surface area contributed by atoms with Crippen molar-refractivity contribution in [3.63, 3.8) is 0 Å². The molecule has 1 atom stereocenters. The van der Waals surface area contributed by atoms with E-state index in [1.54, 1.807) is 0 Å². The van der Waals surface area contributed by atoms with Gasteiger partial charge >= 0.3 is 0 Å². The SMILES string of the molecule is CC1CCN(C(=O)C(C)Nc2ccc(-c3ccccc3)cc2)CC1. The molecule has 2 aromatic carbocycles. The Labute approximate surface area is 144 Å². The highest BCUT2D eigenvalue weighted by Crippen LogP contribution is 2.22. The molecule has 3 rings (SSSR count). The lowest BCUT2D eigenvalue weighted by Crippen LogP contribution is -2.45. The Bertz CT molecular complexity index is 658. The van der Waals surface area contributed by atoms with E-state index >= 15 is 0 Å². The molecule has 3 nitrogen and oxygen atoms in total. The number of carbonyl (C=O) groups excluding carboxylic acids is 1. The van der Waals surface area contributed by atoms with Crippen molar-refractivity contribution in [2.45, 2.75) is 32.7 Å². The molecule has 0 aliphatic carbocycles. The predicted molar refractivity (Wildman–Crippen MR) is 99.9 cm³/mol. The van der Waals surface area contributed by atoms with E-state index in [0.29, 0.717) is 0 Å². The van der Waals surface area contributed by atoms with Crippen LogP contribution in [-0.4, -0.2) is 29.9 Å². The summed E-state index contributed by atoms with van der Waals surface area (Å²) in [6.45, 7) is 5.99.